The first-order chi connectivity index (χ1) is 7.33. The van der Waals surface area contributed by atoms with E-state index >= 15 is 0 Å². The van der Waals surface area contributed by atoms with E-state index in [4.69, 9.17) is 5.11 Å². The van der Waals surface area contributed by atoms with Crippen LogP contribution in [0.1, 0.15) is 20.3 Å². The topological polar surface area (TPSA) is 105 Å². The maximum Gasteiger partial charge on any atom is 0.309 e. The van der Waals surface area contributed by atoms with Gasteiger partial charge in [0.2, 0.25) is 5.91 Å². The van der Waals surface area contributed by atoms with Crippen LogP contribution in [-0.2, 0) is 19.2 Å². The Bertz CT molecular complexity index is 326. The first kappa shape index (κ1) is 12.4. The van der Waals surface area contributed by atoms with Gasteiger partial charge < -0.3 is 10.4 Å². The van der Waals surface area contributed by atoms with Gasteiger partial charge in [-0.15, -0.1) is 0 Å². The molecule has 1 fully saturated rings. The summed E-state index contributed by atoms with van der Waals surface area (Å²) < 4.78 is 0. The Morgan fingerprint density at radius 3 is 2.69 bits per heavy atom. The molecule has 0 spiro atoms. The zero-order chi connectivity index (χ0) is 12.3. The van der Waals surface area contributed by atoms with Gasteiger partial charge in [0, 0.05) is 6.42 Å². The molecule has 1 rings (SSSR count). The molecule has 1 aliphatic rings. The molecular weight excluding hydrogens is 216 g/mol. The van der Waals surface area contributed by atoms with Crippen molar-refractivity contribution in [2.45, 2.75) is 26.3 Å². The van der Waals surface area contributed by atoms with Crippen molar-refractivity contribution in [2.75, 3.05) is 6.61 Å². The van der Waals surface area contributed by atoms with Crippen LogP contribution in [0.15, 0.2) is 0 Å². The molecule has 0 radical (unpaired) electrons. The van der Waals surface area contributed by atoms with Gasteiger partial charge in [0.15, 0.2) is 0 Å². The molecule has 0 aromatic heterocycles. The maximum atomic E-state index is 11.5. The standard InChI is InChI=1S/C9H14N2O5/c1-9(2,8(14)15)3-6(12)10-5-4-16-11-7(5)13/h5H,3-4H2,1-2H3,(H,10,12)(H,11,13)(H,14,15)/t5-/m1/s1. The van der Waals surface area contributed by atoms with Gasteiger partial charge in [-0.25, -0.2) is 5.48 Å². The second kappa shape index (κ2) is 4.48. The molecular formula is C9H14N2O5. The van der Waals surface area contributed by atoms with E-state index in [-0.39, 0.29) is 13.0 Å². The number of amides is 2. The zero-order valence-corrected chi connectivity index (χ0v) is 9.07. The number of carboxylic acids is 1. The lowest BCUT2D eigenvalue weighted by Crippen LogP contribution is -2.43. The van der Waals surface area contributed by atoms with E-state index in [1.165, 1.54) is 13.8 Å². The summed E-state index contributed by atoms with van der Waals surface area (Å²) in [7, 11) is 0. The fraction of sp³-hybridized carbons (Fsp3) is 0.667. The molecule has 0 unspecified atom stereocenters. The Balaban J connectivity index is 2.47. The highest BCUT2D eigenvalue weighted by Gasteiger charge is 2.33. The average molecular weight is 230 g/mol. The van der Waals surface area contributed by atoms with Crippen LogP contribution >= 0.6 is 0 Å². The number of nitrogens with one attached hydrogen (secondary N) is 2. The van der Waals surface area contributed by atoms with Crippen molar-refractivity contribution in [2.24, 2.45) is 5.41 Å². The largest absolute Gasteiger partial charge is 0.481 e. The fourth-order valence-electron chi connectivity index (χ4n) is 1.17. The average Bonchev–Trinajstić information content (AvgIpc) is 2.50. The molecule has 0 aromatic rings. The van der Waals surface area contributed by atoms with E-state index in [0.717, 1.165) is 0 Å². The van der Waals surface area contributed by atoms with E-state index in [1.807, 2.05) is 0 Å². The predicted octanol–water partition coefficient (Wildman–Crippen LogP) is -0.966. The predicted molar refractivity (Wildman–Crippen MR) is 52.1 cm³/mol. The van der Waals surface area contributed by atoms with Gasteiger partial charge in [0.1, 0.15) is 12.6 Å². The molecule has 16 heavy (non-hydrogen) atoms. The number of hydrogen-bond donors (Lipinski definition) is 3. The number of aliphatic carboxylic acids is 1. The number of carbonyl (C=O) groups excluding carboxylic acids is 2. The number of hydroxylamine groups is 1. The van der Waals surface area contributed by atoms with Crippen LogP contribution in [0, 0.1) is 5.41 Å². The number of hydrogen-bond acceptors (Lipinski definition) is 4. The summed E-state index contributed by atoms with van der Waals surface area (Å²) in [6, 6.07) is -0.739. The lowest BCUT2D eigenvalue weighted by atomic mass is 9.89. The third-order valence-corrected chi connectivity index (χ3v) is 2.26. The highest BCUT2D eigenvalue weighted by Crippen LogP contribution is 2.20. The highest BCUT2D eigenvalue weighted by molar-refractivity contribution is 5.90. The van der Waals surface area contributed by atoms with Crippen LogP contribution in [0.25, 0.3) is 0 Å². The lowest BCUT2D eigenvalue weighted by Gasteiger charge is -2.19. The summed E-state index contributed by atoms with van der Waals surface area (Å²) >= 11 is 0. The third-order valence-electron chi connectivity index (χ3n) is 2.26. The van der Waals surface area contributed by atoms with Crippen molar-refractivity contribution in [3.05, 3.63) is 0 Å². The number of rotatable bonds is 4. The van der Waals surface area contributed by atoms with Gasteiger partial charge in [0.25, 0.3) is 5.91 Å². The van der Waals surface area contributed by atoms with E-state index in [2.05, 4.69) is 15.6 Å². The molecule has 0 aliphatic carbocycles. The van der Waals surface area contributed by atoms with E-state index in [0.29, 0.717) is 0 Å². The molecule has 0 aromatic carbocycles. The Labute approximate surface area is 92.1 Å². The molecule has 0 saturated carbocycles. The van der Waals surface area contributed by atoms with Crippen molar-refractivity contribution in [3.63, 3.8) is 0 Å². The Morgan fingerprint density at radius 2 is 2.25 bits per heavy atom. The summed E-state index contributed by atoms with van der Waals surface area (Å²) in [5.41, 5.74) is 0.938. The number of carbonyl (C=O) groups is 3. The molecule has 1 atom stereocenters. The second-order valence-corrected chi connectivity index (χ2v) is 4.26. The Kier molecular flexibility index (Phi) is 3.48. The summed E-state index contributed by atoms with van der Waals surface area (Å²) in [5.74, 6) is -1.98. The second-order valence-electron chi connectivity index (χ2n) is 4.26. The van der Waals surface area contributed by atoms with Crippen LogP contribution in [0.5, 0.6) is 0 Å². The summed E-state index contributed by atoms with van der Waals surface area (Å²) in [6.45, 7) is 2.94. The smallest absolute Gasteiger partial charge is 0.309 e. The molecule has 3 N–H and O–H groups in total. The molecule has 90 valence electrons. The summed E-state index contributed by atoms with van der Waals surface area (Å²) in [5, 5.41) is 11.2. The molecule has 1 heterocycles. The van der Waals surface area contributed by atoms with Crippen molar-refractivity contribution in [3.8, 4) is 0 Å². The fourth-order valence-corrected chi connectivity index (χ4v) is 1.17. The van der Waals surface area contributed by atoms with Gasteiger partial charge in [-0.05, 0) is 13.8 Å². The monoisotopic (exact) mass is 230 g/mol. The Hall–Kier alpha value is -1.63. The van der Waals surface area contributed by atoms with Crippen LogP contribution in [-0.4, -0.2) is 35.5 Å². The van der Waals surface area contributed by atoms with Crippen LogP contribution < -0.4 is 10.8 Å². The molecule has 0 bridgehead atoms. The van der Waals surface area contributed by atoms with Crippen molar-refractivity contribution in [1.29, 1.82) is 0 Å². The van der Waals surface area contributed by atoms with Crippen molar-refractivity contribution in [1.82, 2.24) is 10.8 Å². The number of carboxylic acid groups (broad SMARTS) is 1. The van der Waals surface area contributed by atoms with Gasteiger partial charge in [0.05, 0.1) is 5.41 Å². The van der Waals surface area contributed by atoms with Crippen molar-refractivity contribution < 1.29 is 24.3 Å². The minimum atomic E-state index is -1.15. The molecule has 1 saturated heterocycles. The van der Waals surface area contributed by atoms with E-state index in [1.54, 1.807) is 0 Å². The molecule has 7 heteroatoms. The van der Waals surface area contributed by atoms with Crippen LogP contribution in [0.2, 0.25) is 0 Å². The van der Waals surface area contributed by atoms with Crippen molar-refractivity contribution >= 4 is 17.8 Å². The summed E-state index contributed by atoms with van der Waals surface area (Å²) in [4.78, 5) is 37.9. The molecule has 1 aliphatic heterocycles. The molecule has 2 amide bonds. The third kappa shape index (κ3) is 2.93. The van der Waals surface area contributed by atoms with Gasteiger partial charge in [-0.1, -0.05) is 0 Å². The van der Waals surface area contributed by atoms with E-state index in [9.17, 15) is 14.4 Å². The van der Waals surface area contributed by atoms with Gasteiger partial charge in [-0.3, -0.25) is 19.2 Å². The minimum absolute atomic E-state index is 0.0536. The quantitative estimate of drug-likeness (QED) is 0.576. The molecule has 7 nitrogen and oxygen atoms in total. The zero-order valence-electron chi connectivity index (χ0n) is 9.07. The first-order valence-electron chi connectivity index (χ1n) is 4.77. The normalized spacial score (nSPS) is 20.4. The summed E-state index contributed by atoms with van der Waals surface area (Å²) in [6.07, 6.45) is -0.188. The maximum absolute atomic E-state index is 11.5. The van der Waals surface area contributed by atoms with E-state index < -0.39 is 29.2 Å². The SMILES string of the molecule is CC(C)(CC(=O)N[C@@H]1CONC1=O)C(=O)O. The van der Waals surface area contributed by atoms with Gasteiger partial charge >= 0.3 is 5.97 Å². The first-order valence-corrected chi connectivity index (χ1v) is 4.77. The lowest BCUT2D eigenvalue weighted by molar-refractivity contribution is -0.149. The van der Waals surface area contributed by atoms with Crippen LogP contribution in [0.3, 0.4) is 0 Å². The van der Waals surface area contributed by atoms with Gasteiger partial charge in [-0.2, -0.15) is 0 Å². The van der Waals surface area contributed by atoms with Crippen LogP contribution in [0.4, 0.5) is 0 Å². The minimum Gasteiger partial charge on any atom is -0.481 e. The highest BCUT2D eigenvalue weighted by atomic mass is 16.7. The Morgan fingerprint density at radius 1 is 1.62 bits per heavy atom.